The number of hydrogen-bond acceptors (Lipinski definition) is 7. The number of carbonyl (C=O) groups is 1. The highest BCUT2D eigenvalue weighted by Crippen LogP contribution is 2.58. The number of carboxylic acids is 1. The van der Waals surface area contributed by atoms with Crippen molar-refractivity contribution < 1.29 is 24.1 Å². The summed E-state index contributed by atoms with van der Waals surface area (Å²) in [5, 5.41) is 14.7. The van der Waals surface area contributed by atoms with Crippen LogP contribution in [0, 0.1) is 17.8 Å². The summed E-state index contributed by atoms with van der Waals surface area (Å²) >= 11 is 6.32. The summed E-state index contributed by atoms with van der Waals surface area (Å²) < 4.78 is 19.7. The van der Waals surface area contributed by atoms with Gasteiger partial charge in [-0.3, -0.25) is 4.98 Å². The van der Waals surface area contributed by atoms with Gasteiger partial charge in [0, 0.05) is 46.7 Å². The summed E-state index contributed by atoms with van der Waals surface area (Å²) in [6.07, 6.45) is 12.3. The van der Waals surface area contributed by atoms with E-state index < -0.39 is 11.5 Å². The fourth-order valence-corrected chi connectivity index (χ4v) is 10.7. The molecule has 2 N–H and O–H groups in total. The Balaban J connectivity index is 1.04. The Hall–Kier alpha value is -3.49. The SMILES string of the molecule is C[C@@H](COc1ccnc2c1[C@H](C)CCC2)CC1Cc2cc3c(cc2C12CCC(Nc1cccc(Cl)c1)(C(=O)O)CC2)OCC(CN1CCC[C@@H]1C)CO3. The van der Waals surface area contributed by atoms with Crippen molar-refractivity contribution in [3.63, 3.8) is 0 Å². The molecule has 2 aromatic carbocycles. The predicted octanol–water partition coefficient (Wildman–Crippen LogP) is 9.07. The molecule has 0 amide bonds. The second kappa shape index (κ2) is 15.0. The van der Waals surface area contributed by atoms with E-state index in [4.69, 9.17) is 25.8 Å². The molecule has 0 bridgehead atoms. The molecule has 8 rings (SSSR count). The number of aromatic nitrogens is 1. The van der Waals surface area contributed by atoms with Crippen LogP contribution in [0.2, 0.25) is 5.02 Å². The van der Waals surface area contributed by atoms with Crippen molar-refractivity contribution in [3.8, 4) is 17.2 Å². The number of halogens is 1. The van der Waals surface area contributed by atoms with Gasteiger partial charge in [0.05, 0.1) is 19.8 Å². The monoisotopic (exact) mass is 741 g/mol. The number of anilines is 1. The Morgan fingerprint density at radius 1 is 1.08 bits per heavy atom. The third-order valence-corrected chi connectivity index (χ3v) is 13.7. The Kier molecular flexibility index (Phi) is 10.3. The molecule has 5 atom stereocenters. The Bertz CT molecular complexity index is 1810. The van der Waals surface area contributed by atoms with E-state index in [2.05, 4.69) is 48.1 Å². The maximum absolute atomic E-state index is 13.1. The van der Waals surface area contributed by atoms with Gasteiger partial charge in [0.1, 0.15) is 11.3 Å². The number of aliphatic carboxylic acids is 1. The standard InChI is InChI=1S/C44H56ClN3O5/c1-28(25-51-38-12-17-46-37-11-4-7-29(2)41(37)38)19-33-20-32-21-39-40(53-27-31(26-52-39)24-48-18-6-8-30(48)3)23-36(32)43(33)13-15-44(16-14-43,42(49)50)47-35-10-5-9-34(45)22-35/h5,9-10,12,17,21-23,28-31,33,47H,4,6-8,11,13-16,18-20,24-27H2,1-3H3,(H,49,50)/t28-,29-,30+,31?,33?,43?,44?/m1/s1. The summed E-state index contributed by atoms with van der Waals surface area (Å²) in [4.78, 5) is 20.3. The number of hydrogen-bond donors (Lipinski definition) is 2. The van der Waals surface area contributed by atoms with Crippen molar-refractivity contribution in [2.75, 3.05) is 38.2 Å². The summed E-state index contributed by atoms with van der Waals surface area (Å²) in [6.45, 7) is 11.0. The van der Waals surface area contributed by atoms with E-state index in [9.17, 15) is 9.90 Å². The molecule has 1 saturated heterocycles. The molecule has 8 nitrogen and oxygen atoms in total. The second-order valence-electron chi connectivity index (χ2n) is 17.1. The smallest absolute Gasteiger partial charge is 0.329 e. The first kappa shape index (κ1) is 36.5. The maximum Gasteiger partial charge on any atom is 0.329 e. The Morgan fingerprint density at radius 2 is 1.87 bits per heavy atom. The highest BCUT2D eigenvalue weighted by atomic mass is 35.5. The average molecular weight is 742 g/mol. The zero-order valence-corrected chi connectivity index (χ0v) is 32.4. The van der Waals surface area contributed by atoms with Crippen LogP contribution in [0.25, 0.3) is 0 Å². The van der Waals surface area contributed by atoms with Gasteiger partial charge < -0.3 is 29.5 Å². The first-order chi connectivity index (χ1) is 25.6. The van der Waals surface area contributed by atoms with Gasteiger partial charge >= 0.3 is 5.97 Å². The first-order valence-corrected chi connectivity index (χ1v) is 20.5. The van der Waals surface area contributed by atoms with E-state index in [0.29, 0.717) is 67.4 Å². The van der Waals surface area contributed by atoms with E-state index in [1.807, 2.05) is 36.5 Å². The summed E-state index contributed by atoms with van der Waals surface area (Å²) in [7, 11) is 0. The molecule has 2 aliphatic heterocycles. The number of nitrogens with one attached hydrogen (secondary N) is 1. The van der Waals surface area contributed by atoms with Crippen LogP contribution in [-0.4, -0.2) is 65.5 Å². The lowest BCUT2D eigenvalue weighted by Crippen LogP contribution is -2.53. The Labute approximate surface area is 319 Å². The molecule has 3 aromatic rings. The number of fused-ring (bicyclic) bond motifs is 4. The van der Waals surface area contributed by atoms with Crippen LogP contribution >= 0.6 is 11.6 Å². The minimum Gasteiger partial charge on any atom is -0.493 e. The number of aryl methyl sites for hydroxylation is 1. The van der Waals surface area contributed by atoms with Crippen LogP contribution in [0.1, 0.15) is 107 Å². The highest BCUT2D eigenvalue weighted by Gasteiger charge is 2.54. The molecule has 1 spiro atoms. The van der Waals surface area contributed by atoms with Gasteiger partial charge in [0.25, 0.3) is 0 Å². The number of pyridine rings is 1. The van der Waals surface area contributed by atoms with Gasteiger partial charge in [-0.1, -0.05) is 31.5 Å². The van der Waals surface area contributed by atoms with Gasteiger partial charge in [-0.2, -0.15) is 0 Å². The topological polar surface area (TPSA) is 93.2 Å². The first-order valence-electron chi connectivity index (χ1n) is 20.2. The number of carboxylic acid groups (broad SMARTS) is 1. The van der Waals surface area contributed by atoms with Gasteiger partial charge in [-0.05, 0) is 155 Å². The molecule has 0 radical (unpaired) electrons. The quantitative estimate of drug-likeness (QED) is 0.213. The highest BCUT2D eigenvalue weighted by molar-refractivity contribution is 6.30. The van der Waals surface area contributed by atoms with Crippen LogP contribution in [-0.2, 0) is 23.1 Å². The number of rotatable bonds is 10. The molecule has 5 aliphatic rings. The number of nitrogens with zero attached hydrogens (tertiary/aromatic N) is 2. The zero-order chi connectivity index (χ0) is 36.7. The lowest BCUT2D eigenvalue weighted by Gasteiger charge is -2.47. The van der Waals surface area contributed by atoms with Gasteiger partial charge in [0.15, 0.2) is 11.5 Å². The van der Waals surface area contributed by atoms with E-state index in [0.717, 1.165) is 68.1 Å². The van der Waals surface area contributed by atoms with Gasteiger partial charge in [-0.15, -0.1) is 0 Å². The molecule has 1 saturated carbocycles. The lowest BCUT2D eigenvalue weighted by atomic mass is 9.59. The van der Waals surface area contributed by atoms with Crippen molar-refractivity contribution in [2.24, 2.45) is 17.8 Å². The van der Waals surface area contributed by atoms with Gasteiger partial charge in [0.2, 0.25) is 0 Å². The average Bonchev–Trinajstić information content (AvgIpc) is 3.59. The van der Waals surface area contributed by atoms with Crippen molar-refractivity contribution in [3.05, 3.63) is 76.1 Å². The van der Waals surface area contributed by atoms with E-state index in [1.54, 1.807) is 0 Å². The minimum atomic E-state index is -1.07. The third-order valence-electron chi connectivity index (χ3n) is 13.5. The van der Waals surface area contributed by atoms with Crippen LogP contribution in [0.4, 0.5) is 5.69 Å². The molecule has 2 fully saturated rings. The molecule has 3 aliphatic carbocycles. The van der Waals surface area contributed by atoms with Crippen LogP contribution in [0.15, 0.2) is 48.7 Å². The molecule has 3 heterocycles. The number of likely N-dealkylation sites (tertiary alicyclic amines) is 1. The largest absolute Gasteiger partial charge is 0.493 e. The van der Waals surface area contributed by atoms with Crippen LogP contribution in [0.5, 0.6) is 17.2 Å². The zero-order valence-electron chi connectivity index (χ0n) is 31.7. The number of ether oxygens (including phenoxy) is 3. The van der Waals surface area contributed by atoms with Gasteiger partial charge in [-0.25, -0.2) is 4.79 Å². The molecule has 1 aromatic heterocycles. The van der Waals surface area contributed by atoms with E-state index in [1.165, 1.54) is 48.1 Å². The normalized spacial score (nSPS) is 30.0. The Morgan fingerprint density at radius 3 is 2.60 bits per heavy atom. The predicted molar refractivity (Wildman–Crippen MR) is 209 cm³/mol. The van der Waals surface area contributed by atoms with Crippen molar-refractivity contribution in [1.29, 1.82) is 0 Å². The van der Waals surface area contributed by atoms with E-state index in [-0.39, 0.29) is 5.41 Å². The minimum absolute atomic E-state index is 0.169. The summed E-state index contributed by atoms with van der Waals surface area (Å²) in [5.41, 5.74) is 4.63. The van der Waals surface area contributed by atoms with Crippen LogP contribution in [0.3, 0.4) is 0 Å². The lowest BCUT2D eigenvalue weighted by molar-refractivity contribution is -0.144. The fraction of sp³-hybridized carbons (Fsp3) is 0.591. The molecular formula is C44H56ClN3O5. The van der Waals surface area contributed by atoms with Crippen molar-refractivity contribution in [2.45, 2.75) is 114 Å². The third kappa shape index (κ3) is 7.23. The summed E-state index contributed by atoms with van der Waals surface area (Å²) in [5.74, 6) is 3.29. The van der Waals surface area contributed by atoms with E-state index >= 15 is 0 Å². The maximum atomic E-state index is 13.1. The molecule has 53 heavy (non-hydrogen) atoms. The molecule has 284 valence electrons. The van der Waals surface area contributed by atoms with Crippen molar-refractivity contribution in [1.82, 2.24) is 9.88 Å². The van der Waals surface area contributed by atoms with Crippen LogP contribution < -0.4 is 19.5 Å². The second-order valence-corrected chi connectivity index (χ2v) is 17.6. The fourth-order valence-electron chi connectivity index (χ4n) is 10.5. The molecular weight excluding hydrogens is 686 g/mol. The molecule has 2 unspecified atom stereocenters. The number of benzene rings is 2. The van der Waals surface area contributed by atoms with Crippen molar-refractivity contribution >= 4 is 23.3 Å². The molecule has 9 heteroatoms. The summed E-state index contributed by atoms with van der Waals surface area (Å²) in [6, 6.07) is 14.6.